The van der Waals surface area contributed by atoms with Gasteiger partial charge in [0.1, 0.15) is 5.60 Å². The van der Waals surface area contributed by atoms with Crippen molar-refractivity contribution in [3.05, 3.63) is 24.8 Å². The first-order valence-corrected chi connectivity index (χ1v) is 5.43. The van der Waals surface area contributed by atoms with Gasteiger partial charge in [0, 0.05) is 18.6 Å². The van der Waals surface area contributed by atoms with Gasteiger partial charge in [-0.1, -0.05) is 12.7 Å². The third-order valence-electron chi connectivity index (χ3n) is 3.74. The first-order chi connectivity index (χ1) is 7.66. The molecular weight excluding hydrogens is 208 g/mol. The van der Waals surface area contributed by atoms with E-state index in [0.29, 0.717) is 6.42 Å². The number of fused-ring (bicyclic) bond motifs is 2. The Balaban J connectivity index is 2.23. The highest BCUT2D eigenvalue weighted by Gasteiger charge is 2.56. The van der Waals surface area contributed by atoms with Gasteiger partial charge >= 0.3 is 5.97 Å². The van der Waals surface area contributed by atoms with Crippen LogP contribution in [0.3, 0.4) is 0 Å². The third-order valence-corrected chi connectivity index (χ3v) is 3.74. The molecule has 0 aromatic carbocycles. The maximum absolute atomic E-state index is 11.3. The van der Waals surface area contributed by atoms with Gasteiger partial charge in [-0.05, 0) is 24.3 Å². The molecule has 0 saturated heterocycles. The summed E-state index contributed by atoms with van der Waals surface area (Å²) in [4.78, 5) is 11.3. The quantitative estimate of drug-likeness (QED) is 0.408. The van der Waals surface area contributed by atoms with Crippen molar-refractivity contribution >= 4 is 5.97 Å². The Morgan fingerprint density at radius 2 is 2.31 bits per heavy atom. The number of carbonyl (C=O) groups is 1. The molecule has 88 valence electrons. The third kappa shape index (κ3) is 1.49. The SMILES string of the molecule is C=CC(=O)OC12C=CC(C1)C(CO)C2CO. The molecular formula is C12H16O4. The summed E-state index contributed by atoms with van der Waals surface area (Å²) in [5, 5.41) is 18.7. The van der Waals surface area contributed by atoms with Gasteiger partial charge in [0.05, 0.1) is 6.61 Å². The van der Waals surface area contributed by atoms with Crippen LogP contribution in [-0.4, -0.2) is 35.0 Å². The van der Waals surface area contributed by atoms with Crippen molar-refractivity contribution in [1.29, 1.82) is 0 Å². The van der Waals surface area contributed by atoms with E-state index >= 15 is 0 Å². The van der Waals surface area contributed by atoms with Crippen molar-refractivity contribution in [2.24, 2.45) is 17.8 Å². The van der Waals surface area contributed by atoms with Crippen molar-refractivity contribution in [3.8, 4) is 0 Å². The molecule has 0 heterocycles. The van der Waals surface area contributed by atoms with E-state index in [-0.39, 0.29) is 31.0 Å². The minimum Gasteiger partial charge on any atom is -0.451 e. The van der Waals surface area contributed by atoms with Gasteiger partial charge in [0.2, 0.25) is 0 Å². The highest BCUT2D eigenvalue weighted by molar-refractivity contribution is 5.82. The molecule has 2 aliphatic carbocycles. The smallest absolute Gasteiger partial charge is 0.331 e. The molecule has 0 aromatic heterocycles. The fraction of sp³-hybridized carbons (Fsp3) is 0.583. The lowest BCUT2D eigenvalue weighted by atomic mass is 9.82. The van der Waals surface area contributed by atoms with Gasteiger partial charge in [0.25, 0.3) is 0 Å². The van der Waals surface area contributed by atoms with Gasteiger partial charge < -0.3 is 14.9 Å². The summed E-state index contributed by atoms with van der Waals surface area (Å²) >= 11 is 0. The van der Waals surface area contributed by atoms with Crippen LogP contribution >= 0.6 is 0 Å². The van der Waals surface area contributed by atoms with Crippen molar-refractivity contribution < 1.29 is 19.7 Å². The normalized spacial score (nSPS) is 40.0. The van der Waals surface area contributed by atoms with Crippen molar-refractivity contribution in [3.63, 3.8) is 0 Å². The molecule has 0 aromatic rings. The fourth-order valence-corrected chi connectivity index (χ4v) is 2.95. The number of esters is 1. The number of aliphatic hydroxyl groups is 2. The average Bonchev–Trinajstić information content (AvgIpc) is 2.82. The molecule has 2 bridgehead atoms. The highest BCUT2D eigenvalue weighted by Crippen LogP contribution is 2.52. The molecule has 4 nitrogen and oxygen atoms in total. The molecule has 0 aliphatic heterocycles. The van der Waals surface area contributed by atoms with E-state index in [1.165, 1.54) is 0 Å². The summed E-state index contributed by atoms with van der Waals surface area (Å²) in [5.74, 6) is -0.522. The van der Waals surface area contributed by atoms with E-state index in [1.807, 2.05) is 12.2 Å². The van der Waals surface area contributed by atoms with Crippen molar-refractivity contribution in [2.45, 2.75) is 12.0 Å². The van der Waals surface area contributed by atoms with Gasteiger partial charge in [0.15, 0.2) is 0 Å². The summed E-state index contributed by atoms with van der Waals surface area (Å²) < 4.78 is 5.36. The number of rotatable bonds is 4. The number of allylic oxidation sites excluding steroid dienone is 1. The van der Waals surface area contributed by atoms with Crippen molar-refractivity contribution in [2.75, 3.05) is 13.2 Å². The lowest BCUT2D eigenvalue weighted by molar-refractivity contribution is -0.154. The first kappa shape index (κ1) is 11.4. The second-order valence-corrected chi connectivity index (χ2v) is 4.44. The van der Waals surface area contributed by atoms with Crippen LogP contribution in [0.15, 0.2) is 24.8 Å². The average molecular weight is 224 g/mol. The Morgan fingerprint density at radius 1 is 1.56 bits per heavy atom. The number of hydrogen-bond acceptors (Lipinski definition) is 4. The van der Waals surface area contributed by atoms with E-state index in [9.17, 15) is 15.0 Å². The Hall–Kier alpha value is -1.13. The standard InChI is InChI=1S/C12H16O4/c1-2-11(15)16-12-4-3-8(5-12)9(6-13)10(12)7-14/h2-4,8-10,13-14H,1,5-7H2. The lowest BCUT2D eigenvalue weighted by Gasteiger charge is -2.33. The number of carbonyl (C=O) groups excluding carboxylic acids is 1. The zero-order chi connectivity index (χ0) is 11.8. The number of aliphatic hydroxyl groups excluding tert-OH is 2. The fourth-order valence-electron chi connectivity index (χ4n) is 2.95. The Bertz CT molecular complexity index is 336. The monoisotopic (exact) mass is 224 g/mol. The molecule has 4 atom stereocenters. The van der Waals surface area contributed by atoms with E-state index in [0.717, 1.165) is 6.08 Å². The molecule has 2 rings (SSSR count). The predicted molar refractivity (Wildman–Crippen MR) is 57.4 cm³/mol. The molecule has 2 N–H and O–H groups in total. The topological polar surface area (TPSA) is 66.8 Å². The van der Waals surface area contributed by atoms with Crippen LogP contribution in [0.5, 0.6) is 0 Å². The van der Waals surface area contributed by atoms with Crippen LogP contribution in [-0.2, 0) is 9.53 Å². The largest absolute Gasteiger partial charge is 0.451 e. The second kappa shape index (κ2) is 4.03. The highest BCUT2D eigenvalue weighted by atomic mass is 16.6. The van der Waals surface area contributed by atoms with Gasteiger partial charge in [-0.3, -0.25) is 0 Å². The Labute approximate surface area is 94.2 Å². The van der Waals surface area contributed by atoms with Crippen LogP contribution in [0.2, 0.25) is 0 Å². The molecule has 0 radical (unpaired) electrons. The Morgan fingerprint density at radius 3 is 2.88 bits per heavy atom. The van der Waals surface area contributed by atoms with Gasteiger partial charge in [-0.2, -0.15) is 0 Å². The lowest BCUT2D eigenvalue weighted by Crippen LogP contribution is -2.41. The first-order valence-electron chi connectivity index (χ1n) is 5.43. The summed E-state index contributed by atoms with van der Waals surface area (Å²) in [6.45, 7) is 3.28. The zero-order valence-electron chi connectivity index (χ0n) is 9.00. The van der Waals surface area contributed by atoms with Crippen LogP contribution in [0.1, 0.15) is 6.42 Å². The van der Waals surface area contributed by atoms with Gasteiger partial charge in [-0.25, -0.2) is 4.79 Å². The van der Waals surface area contributed by atoms with Crippen LogP contribution < -0.4 is 0 Å². The molecule has 4 heteroatoms. The van der Waals surface area contributed by atoms with Crippen LogP contribution in [0.25, 0.3) is 0 Å². The summed E-state index contributed by atoms with van der Waals surface area (Å²) in [6, 6.07) is 0. The maximum Gasteiger partial charge on any atom is 0.331 e. The molecule has 0 spiro atoms. The van der Waals surface area contributed by atoms with Crippen molar-refractivity contribution in [1.82, 2.24) is 0 Å². The molecule has 4 unspecified atom stereocenters. The van der Waals surface area contributed by atoms with Crippen LogP contribution in [0.4, 0.5) is 0 Å². The minimum atomic E-state index is -0.738. The van der Waals surface area contributed by atoms with E-state index in [1.54, 1.807) is 0 Å². The molecule has 1 saturated carbocycles. The van der Waals surface area contributed by atoms with E-state index < -0.39 is 11.6 Å². The zero-order valence-corrected chi connectivity index (χ0v) is 9.00. The van der Waals surface area contributed by atoms with E-state index in [4.69, 9.17) is 4.74 Å². The molecule has 0 amide bonds. The summed E-state index contributed by atoms with van der Waals surface area (Å²) in [7, 11) is 0. The summed E-state index contributed by atoms with van der Waals surface area (Å²) in [5.41, 5.74) is -0.738. The minimum absolute atomic E-state index is 0.00756. The molecule has 2 aliphatic rings. The number of ether oxygens (including phenoxy) is 1. The van der Waals surface area contributed by atoms with Gasteiger partial charge in [-0.15, -0.1) is 0 Å². The Kier molecular flexibility index (Phi) is 2.86. The second-order valence-electron chi connectivity index (χ2n) is 4.44. The summed E-state index contributed by atoms with van der Waals surface area (Å²) in [6.07, 6.45) is 5.58. The number of hydrogen-bond donors (Lipinski definition) is 2. The maximum atomic E-state index is 11.3. The van der Waals surface area contributed by atoms with Crippen LogP contribution in [0, 0.1) is 17.8 Å². The predicted octanol–water partition coefficient (Wildman–Crippen LogP) is 0.261. The molecule has 16 heavy (non-hydrogen) atoms. The van der Waals surface area contributed by atoms with E-state index in [2.05, 4.69) is 6.58 Å². The molecule has 1 fully saturated rings.